The third-order valence-corrected chi connectivity index (χ3v) is 10.6. The van der Waals surface area contributed by atoms with Gasteiger partial charge in [0.05, 0.1) is 16.0 Å². The SMILES string of the molecule is CCS(=O)(=O)N1CCN(C(=O)Nc2cc(Cl)c(C3(c4ncc(-c5ccc(F)cc5)s4)CC3)c(Cl)c2)CC1. The molecule has 2 fully saturated rings. The minimum Gasteiger partial charge on any atom is -0.322 e. The van der Waals surface area contributed by atoms with Crippen molar-refractivity contribution in [2.24, 2.45) is 0 Å². The molecule has 5 rings (SSSR count). The van der Waals surface area contributed by atoms with Crippen LogP contribution in [0.4, 0.5) is 14.9 Å². The monoisotopic (exact) mass is 582 g/mol. The van der Waals surface area contributed by atoms with E-state index in [1.165, 1.54) is 27.8 Å². The van der Waals surface area contributed by atoms with E-state index in [9.17, 15) is 17.6 Å². The van der Waals surface area contributed by atoms with Crippen LogP contribution in [0, 0.1) is 5.82 Å². The summed E-state index contributed by atoms with van der Waals surface area (Å²) in [5.74, 6) is -0.247. The first-order chi connectivity index (χ1) is 17.6. The maximum absolute atomic E-state index is 13.3. The molecule has 3 aromatic rings. The summed E-state index contributed by atoms with van der Waals surface area (Å²) in [7, 11) is -3.27. The summed E-state index contributed by atoms with van der Waals surface area (Å²) in [6.45, 7) is 2.74. The molecule has 0 spiro atoms. The molecule has 196 valence electrons. The van der Waals surface area contributed by atoms with Crippen LogP contribution in [0.1, 0.15) is 30.3 Å². The molecule has 0 atom stereocenters. The maximum atomic E-state index is 13.3. The van der Waals surface area contributed by atoms with Crippen molar-refractivity contribution in [2.75, 3.05) is 37.2 Å². The lowest BCUT2D eigenvalue weighted by Crippen LogP contribution is -2.51. The molecule has 0 unspecified atom stereocenters. The number of benzene rings is 2. The third-order valence-electron chi connectivity index (χ3n) is 6.85. The molecule has 7 nitrogen and oxygen atoms in total. The lowest BCUT2D eigenvalue weighted by Gasteiger charge is -2.33. The van der Waals surface area contributed by atoms with Gasteiger partial charge in [-0.1, -0.05) is 35.3 Å². The van der Waals surface area contributed by atoms with Gasteiger partial charge in [-0.3, -0.25) is 0 Å². The van der Waals surface area contributed by atoms with Gasteiger partial charge in [0.15, 0.2) is 0 Å². The van der Waals surface area contributed by atoms with Crippen LogP contribution in [-0.4, -0.2) is 60.6 Å². The summed E-state index contributed by atoms with van der Waals surface area (Å²) < 4.78 is 38.8. The van der Waals surface area contributed by atoms with Crippen molar-refractivity contribution < 1.29 is 17.6 Å². The van der Waals surface area contributed by atoms with Crippen molar-refractivity contribution in [1.29, 1.82) is 0 Å². The molecule has 12 heteroatoms. The number of carbonyl (C=O) groups excluding carboxylic acids is 1. The lowest BCUT2D eigenvalue weighted by molar-refractivity contribution is 0.184. The second kappa shape index (κ2) is 10.1. The molecule has 0 radical (unpaired) electrons. The van der Waals surface area contributed by atoms with Crippen LogP contribution >= 0.6 is 34.5 Å². The maximum Gasteiger partial charge on any atom is 0.321 e. The standard InChI is InChI=1S/C25H25Cl2FN4O3S2/c1-2-37(34,35)32-11-9-31(10-12-32)24(33)30-18-13-19(26)22(20(27)14-18)25(7-8-25)23-29-15-21(36-23)16-3-5-17(28)6-4-16/h3-6,13-15H,2,7-12H2,1H3,(H,30,33). The fourth-order valence-electron chi connectivity index (χ4n) is 4.60. The number of halogens is 3. The topological polar surface area (TPSA) is 82.6 Å². The number of carbonyl (C=O) groups is 1. The summed E-state index contributed by atoms with van der Waals surface area (Å²) in [5.41, 5.74) is 1.76. The van der Waals surface area contributed by atoms with E-state index in [0.29, 0.717) is 28.8 Å². The normalized spacial score (nSPS) is 17.6. The van der Waals surface area contributed by atoms with Crippen molar-refractivity contribution in [2.45, 2.75) is 25.2 Å². The first-order valence-corrected chi connectivity index (χ1v) is 15.1. The van der Waals surface area contributed by atoms with E-state index in [0.717, 1.165) is 33.9 Å². The average molecular weight is 584 g/mol. The highest BCUT2D eigenvalue weighted by molar-refractivity contribution is 7.89. The number of amides is 2. The Kier molecular flexibility index (Phi) is 7.23. The smallest absolute Gasteiger partial charge is 0.321 e. The zero-order valence-electron chi connectivity index (χ0n) is 20.0. The molecule has 37 heavy (non-hydrogen) atoms. The molecule has 2 aromatic carbocycles. The van der Waals surface area contributed by atoms with Crippen LogP contribution < -0.4 is 5.32 Å². The quantitative estimate of drug-likeness (QED) is 0.396. The van der Waals surface area contributed by atoms with Gasteiger partial charge in [-0.2, -0.15) is 4.31 Å². The van der Waals surface area contributed by atoms with Crippen molar-refractivity contribution >= 4 is 56.3 Å². The highest BCUT2D eigenvalue weighted by Gasteiger charge is 2.51. The molecule has 1 N–H and O–H groups in total. The number of hydrogen-bond donors (Lipinski definition) is 1. The zero-order chi connectivity index (χ0) is 26.4. The van der Waals surface area contributed by atoms with Crippen LogP contribution in [0.3, 0.4) is 0 Å². The largest absolute Gasteiger partial charge is 0.322 e. The van der Waals surface area contributed by atoms with Crippen molar-refractivity contribution in [3.8, 4) is 10.4 Å². The first-order valence-electron chi connectivity index (χ1n) is 11.9. The second-order valence-electron chi connectivity index (χ2n) is 9.15. The fourth-order valence-corrected chi connectivity index (χ4v) is 7.70. The Balaban J connectivity index is 1.31. The number of urea groups is 1. The van der Waals surface area contributed by atoms with Crippen LogP contribution in [0.2, 0.25) is 10.0 Å². The number of aromatic nitrogens is 1. The molecule has 2 aliphatic rings. The number of rotatable bonds is 6. The molecular weight excluding hydrogens is 558 g/mol. The minimum atomic E-state index is -3.27. The third kappa shape index (κ3) is 5.22. The molecule has 1 saturated carbocycles. The number of piperazine rings is 1. The van der Waals surface area contributed by atoms with Crippen LogP contribution in [-0.2, 0) is 15.4 Å². The Morgan fingerprint density at radius 3 is 2.30 bits per heavy atom. The van der Waals surface area contributed by atoms with E-state index >= 15 is 0 Å². The van der Waals surface area contributed by atoms with Gasteiger partial charge in [-0.05, 0) is 49.6 Å². The number of hydrogen-bond acceptors (Lipinski definition) is 5. The fraction of sp³-hybridized carbons (Fsp3) is 0.360. The zero-order valence-corrected chi connectivity index (χ0v) is 23.2. The molecule has 1 aliphatic heterocycles. The Hall–Kier alpha value is -2.24. The molecule has 1 aromatic heterocycles. The highest BCUT2D eigenvalue weighted by atomic mass is 35.5. The van der Waals surface area contributed by atoms with Gasteiger partial charge >= 0.3 is 6.03 Å². The van der Waals surface area contributed by atoms with Crippen LogP contribution in [0.15, 0.2) is 42.6 Å². The number of nitrogens with one attached hydrogen (secondary N) is 1. The Bertz CT molecular complexity index is 1410. The van der Waals surface area contributed by atoms with Gasteiger partial charge in [-0.25, -0.2) is 22.6 Å². The van der Waals surface area contributed by atoms with E-state index < -0.39 is 10.0 Å². The molecule has 1 saturated heterocycles. The van der Waals surface area contributed by atoms with Crippen molar-refractivity contribution in [3.05, 3.63) is 69.0 Å². The van der Waals surface area contributed by atoms with Gasteiger partial charge in [-0.15, -0.1) is 11.3 Å². The van der Waals surface area contributed by atoms with E-state index in [1.807, 2.05) is 0 Å². The first kappa shape index (κ1) is 26.4. The van der Waals surface area contributed by atoms with Gasteiger partial charge in [0.2, 0.25) is 10.0 Å². The van der Waals surface area contributed by atoms with Gasteiger partial charge in [0.1, 0.15) is 10.8 Å². The molecule has 1 aliphatic carbocycles. The summed E-state index contributed by atoms with van der Waals surface area (Å²) in [5, 5.41) is 4.62. The molecule has 2 heterocycles. The van der Waals surface area contributed by atoms with Gasteiger partial charge < -0.3 is 10.2 Å². The second-order valence-corrected chi connectivity index (χ2v) is 13.3. The van der Waals surface area contributed by atoms with Crippen molar-refractivity contribution in [3.63, 3.8) is 0 Å². The summed E-state index contributed by atoms with van der Waals surface area (Å²) in [6, 6.07) is 9.35. The highest BCUT2D eigenvalue weighted by Crippen LogP contribution is 2.59. The lowest BCUT2D eigenvalue weighted by atomic mass is 9.96. The van der Waals surface area contributed by atoms with E-state index in [2.05, 4.69) is 10.3 Å². The van der Waals surface area contributed by atoms with E-state index in [1.54, 1.807) is 42.3 Å². The predicted molar refractivity (Wildman–Crippen MR) is 146 cm³/mol. The summed E-state index contributed by atoms with van der Waals surface area (Å²) in [4.78, 5) is 20.0. The predicted octanol–water partition coefficient (Wildman–Crippen LogP) is 5.84. The Morgan fingerprint density at radius 2 is 1.73 bits per heavy atom. The minimum absolute atomic E-state index is 0.0403. The average Bonchev–Trinajstić information content (AvgIpc) is 3.50. The summed E-state index contributed by atoms with van der Waals surface area (Å²) >= 11 is 15.0. The number of anilines is 1. The van der Waals surface area contributed by atoms with Crippen molar-refractivity contribution in [1.82, 2.24) is 14.2 Å². The van der Waals surface area contributed by atoms with E-state index in [4.69, 9.17) is 23.2 Å². The molecule has 0 bridgehead atoms. The number of sulfonamides is 1. The van der Waals surface area contributed by atoms with Crippen LogP contribution in [0.25, 0.3) is 10.4 Å². The summed E-state index contributed by atoms with van der Waals surface area (Å²) in [6.07, 6.45) is 3.48. The number of thiazole rings is 1. The van der Waals surface area contributed by atoms with Crippen LogP contribution in [0.5, 0.6) is 0 Å². The van der Waals surface area contributed by atoms with Gasteiger partial charge in [0, 0.05) is 53.7 Å². The Morgan fingerprint density at radius 1 is 1.11 bits per heavy atom. The molecule has 2 amide bonds. The Labute approximate surface area is 229 Å². The molecular formula is C25H25Cl2FN4O3S2. The number of nitrogens with zero attached hydrogens (tertiary/aromatic N) is 3. The van der Waals surface area contributed by atoms with E-state index in [-0.39, 0.29) is 36.1 Å². The van der Waals surface area contributed by atoms with Gasteiger partial charge in [0.25, 0.3) is 0 Å².